The van der Waals surface area contributed by atoms with Gasteiger partial charge in [0.25, 0.3) is 0 Å². The Labute approximate surface area is 130 Å². The van der Waals surface area contributed by atoms with Crippen molar-refractivity contribution >= 4 is 0 Å². The van der Waals surface area contributed by atoms with E-state index in [9.17, 15) is 0 Å². The highest BCUT2D eigenvalue weighted by molar-refractivity contribution is 4.64. The maximum absolute atomic E-state index is 2.46. The molecule has 0 radical (unpaired) electrons. The third kappa shape index (κ3) is 11.8. The summed E-state index contributed by atoms with van der Waals surface area (Å²) < 4.78 is 0. The van der Waals surface area contributed by atoms with E-state index < -0.39 is 0 Å². The third-order valence-electron chi connectivity index (χ3n) is 5.04. The van der Waals surface area contributed by atoms with Gasteiger partial charge in [0.05, 0.1) is 0 Å². The Bertz CT molecular complexity index is 194. The Morgan fingerprint density at radius 2 is 1.25 bits per heavy atom. The molecule has 3 atom stereocenters. The largest absolute Gasteiger partial charge is 0.0651 e. The highest BCUT2D eigenvalue weighted by Crippen LogP contribution is 2.25. The molecule has 0 N–H and O–H groups in total. The Balaban J connectivity index is 3.65. The molecule has 0 saturated carbocycles. The quantitative estimate of drug-likeness (QED) is 0.307. The second-order valence-corrected chi connectivity index (χ2v) is 7.74. The summed E-state index contributed by atoms with van der Waals surface area (Å²) in [6.07, 6.45) is 14.3. The average Bonchev–Trinajstić information content (AvgIpc) is 2.41. The molecule has 0 fully saturated rings. The summed E-state index contributed by atoms with van der Waals surface area (Å²) in [4.78, 5) is 0. The predicted molar refractivity (Wildman–Crippen MR) is 94.2 cm³/mol. The number of hydrogen-bond acceptors (Lipinski definition) is 0. The standard InChI is InChI=1S/C20H42/c1-7-18(5)16-19(6)14-15-20(8-2)13-11-9-10-12-17(3)4/h17-20H,7-16H2,1-6H3. The fraction of sp³-hybridized carbons (Fsp3) is 1.00. The van der Waals surface area contributed by atoms with Crippen LogP contribution in [0.5, 0.6) is 0 Å². The van der Waals surface area contributed by atoms with Gasteiger partial charge in [-0.3, -0.25) is 0 Å². The smallest absolute Gasteiger partial charge is 0.0417 e. The lowest BCUT2D eigenvalue weighted by Crippen LogP contribution is -2.06. The van der Waals surface area contributed by atoms with E-state index in [1.165, 1.54) is 64.2 Å². The molecule has 0 rings (SSSR count). The van der Waals surface area contributed by atoms with E-state index in [0.29, 0.717) is 0 Å². The van der Waals surface area contributed by atoms with Crippen molar-refractivity contribution in [3.63, 3.8) is 0 Å². The summed E-state index contributed by atoms with van der Waals surface area (Å²) in [6.45, 7) is 14.3. The maximum atomic E-state index is 2.46. The van der Waals surface area contributed by atoms with Crippen LogP contribution >= 0.6 is 0 Å². The average molecular weight is 283 g/mol. The molecule has 3 unspecified atom stereocenters. The van der Waals surface area contributed by atoms with Crippen molar-refractivity contribution in [3.8, 4) is 0 Å². The van der Waals surface area contributed by atoms with Gasteiger partial charge in [-0.05, 0) is 30.1 Å². The molecule has 20 heavy (non-hydrogen) atoms. The Morgan fingerprint density at radius 1 is 0.600 bits per heavy atom. The molecule has 0 heterocycles. The normalized spacial score (nSPS) is 16.4. The zero-order valence-electron chi connectivity index (χ0n) is 15.4. The topological polar surface area (TPSA) is 0 Å². The molecule has 122 valence electrons. The van der Waals surface area contributed by atoms with E-state index in [2.05, 4.69) is 41.5 Å². The van der Waals surface area contributed by atoms with Gasteiger partial charge in [0.1, 0.15) is 0 Å². The molecular weight excluding hydrogens is 240 g/mol. The zero-order chi connectivity index (χ0) is 15.4. The van der Waals surface area contributed by atoms with Crippen LogP contribution in [0.3, 0.4) is 0 Å². The maximum Gasteiger partial charge on any atom is -0.0417 e. The molecule has 0 aliphatic carbocycles. The molecule has 0 nitrogen and oxygen atoms in total. The van der Waals surface area contributed by atoms with Crippen LogP contribution in [-0.2, 0) is 0 Å². The first kappa shape index (κ1) is 20.0. The van der Waals surface area contributed by atoms with E-state index in [4.69, 9.17) is 0 Å². The number of unbranched alkanes of at least 4 members (excludes halogenated alkanes) is 2. The molecule has 0 saturated heterocycles. The second-order valence-electron chi connectivity index (χ2n) is 7.74. The number of hydrogen-bond donors (Lipinski definition) is 0. The summed E-state index contributed by atoms with van der Waals surface area (Å²) in [5.74, 6) is 3.73. The van der Waals surface area contributed by atoms with Crippen LogP contribution in [0.2, 0.25) is 0 Å². The SMILES string of the molecule is CCC(C)CC(C)CCC(CC)CCCCCC(C)C. The highest BCUT2D eigenvalue weighted by atomic mass is 14.2. The Hall–Kier alpha value is 0. The van der Waals surface area contributed by atoms with E-state index in [1.807, 2.05) is 0 Å². The van der Waals surface area contributed by atoms with E-state index in [0.717, 1.165) is 23.7 Å². The minimum Gasteiger partial charge on any atom is -0.0651 e. The van der Waals surface area contributed by atoms with Crippen molar-refractivity contribution in [2.24, 2.45) is 23.7 Å². The molecule has 0 aliphatic rings. The Morgan fingerprint density at radius 3 is 1.80 bits per heavy atom. The fourth-order valence-electron chi connectivity index (χ4n) is 3.21. The molecular formula is C20H42. The molecule has 0 spiro atoms. The molecule has 0 aromatic heterocycles. The van der Waals surface area contributed by atoms with Crippen molar-refractivity contribution in [1.82, 2.24) is 0 Å². The van der Waals surface area contributed by atoms with Crippen molar-refractivity contribution in [2.75, 3.05) is 0 Å². The lowest BCUT2D eigenvalue weighted by molar-refractivity contribution is 0.328. The first-order chi connectivity index (χ1) is 9.49. The van der Waals surface area contributed by atoms with Gasteiger partial charge in [-0.2, -0.15) is 0 Å². The lowest BCUT2D eigenvalue weighted by atomic mass is 9.86. The fourth-order valence-corrected chi connectivity index (χ4v) is 3.21. The van der Waals surface area contributed by atoms with Crippen LogP contribution in [0, 0.1) is 23.7 Å². The van der Waals surface area contributed by atoms with Crippen LogP contribution in [0.4, 0.5) is 0 Å². The monoisotopic (exact) mass is 282 g/mol. The van der Waals surface area contributed by atoms with Gasteiger partial charge in [0, 0.05) is 0 Å². The van der Waals surface area contributed by atoms with Crippen LogP contribution in [0.15, 0.2) is 0 Å². The first-order valence-electron chi connectivity index (χ1n) is 9.49. The zero-order valence-corrected chi connectivity index (χ0v) is 15.4. The van der Waals surface area contributed by atoms with Crippen LogP contribution in [0.25, 0.3) is 0 Å². The van der Waals surface area contributed by atoms with Gasteiger partial charge in [0.2, 0.25) is 0 Å². The van der Waals surface area contributed by atoms with E-state index in [1.54, 1.807) is 0 Å². The second kappa shape index (κ2) is 12.7. The van der Waals surface area contributed by atoms with Gasteiger partial charge in [0.15, 0.2) is 0 Å². The van der Waals surface area contributed by atoms with E-state index in [-0.39, 0.29) is 0 Å². The molecule has 0 heteroatoms. The molecule has 0 aromatic rings. The first-order valence-corrected chi connectivity index (χ1v) is 9.49. The van der Waals surface area contributed by atoms with Gasteiger partial charge < -0.3 is 0 Å². The molecule has 0 aliphatic heterocycles. The predicted octanol–water partition coefficient (Wildman–Crippen LogP) is 7.47. The summed E-state index contributed by atoms with van der Waals surface area (Å²) in [7, 11) is 0. The summed E-state index contributed by atoms with van der Waals surface area (Å²) in [6, 6.07) is 0. The van der Waals surface area contributed by atoms with Crippen molar-refractivity contribution in [3.05, 3.63) is 0 Å². The molecule has 0 amide bonds. The van der Waals surface area contributed by atoms with Gasteiger partial charge >= 0.3 is 0 Å². The summed E-state index contributed by atoms with van der Waals surface area (Å²) in [5.41, 5.74) is 0. The van der Waals surface area contributed by atoms with Crippen molar-refractivity contribution in [1.29, 1.82) is 0 Å². The van der Waals surface area contributed by atoms with Gasteiger partial charge in [-0.1, -0.05) is 99.3 Å². The van der Waals surface area contributed by atoms with Gasteiger partial charge in [-0.15, -0.1) is 0 Å². The van der Waals surface area contributed by atoms with Crippen molar-refractivity contribution in [2.45, 2.75) is 106 Å². The highest BCUT2D eigenvalue weighted by Gasteiger charge is 2.11. The summed E-state index contributed by atoms with van der Waals surface area (Å²) >= 11 is 0. The lowest BCUT2D eigenvalue weighted by Gasteiger charge is -2.20. The van der Waals surface area contributed by atoms with Gasteiger partial charge in [-0.25, -0.2) is 0 Å². The minimum absolute atomic E-state index is 0.887. The Kier molecular flexibility index (Phi) is 12.7. The number of rotatable bonds is 13. The van der Waals surface area contributed by atoms with Crippen molar-refractivity contribution < 1.29 is 0 Å². The van der Waals surface area contributed by atoms with Crippen LogP contribution in [0.1, 0.15) is 106 Å². The summed E-state index contributed by atoms with van der Waals surface area (Å²) in [5, 5.41) is 0. The molecule has 0 bridgehead atoms. The molecule has 0 aromatic carbocycles. The van der Waals surface area contributed by atoms with Crippen LogP contribution < -0.4 is 0 Å². The third-order valence-corrected chi connectivity index (χ3v) is 5.04. The van der Waals surface area contributed by atoms with E-state index >= 15 is 0 Å². The van der Waals surface area contributed by atoms with Crippen LogP contribution in [-0.4, -0.2) is 0 Å². The minimum atomic E-state index is 0.887.